The molecule has 3 nitrogen and oxygen atoms in total. The molecular weight excluding hydrogens is 436 g/mol. The number of aryl methyl sites for hydroxylation is 2. The zero-order chi connectivity index (χ0) is 23.6. The fourth-order valence-corrected chi connectivity index (χ4v) is 5.84. The van der Waals surface area contributed by atoms with E-state index in [4.69, 9.17) is 9.84 Å². The summed E-state index contributed by atoms with van der Waals surface area (Å²) in [6.07, 6.45) is 4.68. The van der Waals surface area contributed by atoms with Crippen molar-refractivity contribution in [1.82, 2.24) is 0 Å². The largest absolute Gasteiger partial charge is 0.506 e. The molecule has 2 N–H and O–H groups in total. The van der Waals surface area contributed by atoms with Crippen LogP contribution in [0, 0.1) is 13.8 Å². The van der Waals surface area contributed by atoms with Gasteiger partial charge in [0.2, 0.25) is 0 Å². The second-order valence-electron chi connectivity index (χ2n) is 9.32. The first kappa shape index (κ1) is 27.1. The number of phenols is 1. The molecule has 0 bridgehead atoms. The summed E-state index contributed by atoms with van der Waals surface area (Å²) in [6, 6.07) is 12.4. The van der Waals surface area contributed by atoms with E-state index < -0.39 is 0 Å². The molecule has 1 unspecified atom stereocenters. The van der Waals surface area contributed by atoms with Gasteiger partial charge in [0.1, 0.15) is 11.2 Å². The minimum atomic E-state index is -0.110. The first-order valence-electron chi connectivity index (χ1n) is 11.6. The van der Waals surface area contributed by atoms with Crippen molar-refractivity contribution in [1.29, 1.82) is 0 Å². The third kappa shape index (κ3) is 8.66. The van der Waals surface area contributed by atoms with Crippen molar-refractivity contribution in [3.63, 3.8) is 0 Å². The molecule has 0 aliphatic heterocycles. The SMILES string of the molecule is Cc1cccc(C)c1SCCCCOC(CCCCO)Sc1cccc(C(C)(C)C)c1O. The van der Waals surface area contributed by atoms with Crippen molar-refractivity contribution in [2.45, 2.75) is 87.4 Å². The predicted molar refractivity (Wildman–Crippen MR) is 139 cm³/mol. The highest BCUT2D eigenvalue weighted by Gasteiger charge is 2.22. The molecule has 0 aliphatic carbocycles. The smallest absolute Gasteiger partial charge is 0.132 e. The van der Waals surface area contributed by atoms with Crippen LogP contribution in [-0.4, -0.2) is 34.6 Å². The number of rotatable bonds is 13. The molecule has 0 radical (unpaired) electrons. The molecule has 0 saturated carbocycles. The summed E-state index contributed by atoms with van der Waals surface area (Å²) < 4.78 is 6.23. The lowest BCUT2D eigenvalue weighted by molar-refractivity contribution is 0.101. The monoisotopic (exact) mass is 476 g/mol. The summed E-state index contributed by atoms with van der Waals surface area (Å²) in [7, 11) is 0. The van der Waals surface area contributed by atoms with Gasteiger partial charge < -0.3 is 14.9 Å². The molecule has 0 aromatic heterocycles. The number of hydrogen-bond donors (Lipinski definition) is 2. The maximum atomic E-state index is 10.8. The molecule has 0 heterocycles. The Morgan fingerprint density at radius 3 is 2.28 bits per heavy atom. The molecule has 1 atom stereocenters. The van der Waals surface area contributed by atoms with Gasteiger partial charge in [0.05, 0.1) is 4.90 Å². The highest BCUT2D eigenvalue weighted by Crippen LogP contribution is 2.40. The van der Waals surface area contributed by atoms with E-state index in [1.807, 2.05) is 30.0 Å². The highest BCUT2D eigenvalue weighted by molar-refractivity contribution is 8.00. The van der Waals surface area contributed by atoms with Gasteiger partial charge >= 0.3 is 0 Å². The summed E-state index contributed by atoms with van der Waals surface area (Å²) in [5, 5.41) is 20.0. The lowest BCUT2D eigenvalue weighted by atomic mass is 9.86. The minimum Gasteiger partial charge on any atom is -0.506 e. The summed E-state index contributed by atoms with van der Waals surface area (Å²) in [5.74, 6) is 1.46. The molecule has 5 heteroatoms. The molecule has 2 aromatic rings. The average molecular weight is 477 g/mol. The molecule has 0 fully saturated rings. The van der Waals surface area contributed by atoms with E-state index >= 15 is 0 Å². The van der Waals surface area contributed by atoms with Crippen molar-refractivity contribution in [3.8, 4) is 5.75 Å². The molecule has 2 rings (SSSR count). The number of thioether (sulfide) groups is 2. The van der Waals surface area contributed by atoms with Crippen LogP contribution in [0.2, 0.25) is 0 Å². The number of aliphatic hydroxyl groups excluding tert-OH is 1. The maximum absolute atomic E-state index is 10.8. The van der Waals surface area contributed by atoms with Gasteiger partial charge in [-0.1, -0.05) is 62.9 Å². The minimum absolute atomic E-state index is 0.0195. The van der Waals surface area contributed by atoms with Crippen LogP contribution in [0.4, 0.5) is 0 Å². The van der Waals surface area contributed by atoms with Gasteiger partial charge in [0, 0.05) is 23.7 Å². The Morgan fingerprint density at radius 2 is 1.62 bits per heavy atom. The van der Waals surface area contributed by atoms with Crippen LogP contribution in [0.15, 0.2) is 46.2 Å². The molecule has 0 spiro atoms. The van der Waals surface area contributed by atoms with Gasteiger partial charge in [-0.2, -0.15) is 0 Å². The lowest BCUT2D eigenvalue weighted by Gasteiger charge is -2.23. The Kier molecular flexibility index (Phi) is 11.5. The number of unbranched alkanes of at least 4 members (excludes halogenated alkanes) is 2. The van der Waals surface area contributed by atoms with E-state index in [1.165, 1.54) is 16.0 Å². The van der Waals surface area contributed by atoms with Crippen LogP contribution in [-0.2, 0) is 10.2 Å². The van der Waals surface area contributed by atoms with Gasteiger partial charge in [-0.25, -0.2) is 0 Å². The van der Waals surface area contributed by atoms with Crippen molar-refractivity contribution in [2.24, 2.45) is 0 Å². The third-order valence-corrected chi connectivity index (χ3v) is 8.05. The van der Waals surface area contributed by atoms with Gasteiger partial charge in [0.25, 0.3) is 0 Å². The summed E-state index contributed by atoms with van der Waals surface area (Å²) in [4.78, 5) is 2.28. The van der Waals surface area contributed by atoms with Crippen LogP contribution in [0.3, 0.4) is 0 Å². The maximum Gasteiger partial charge on any atom is 0.132 e. The topological polar surface area (TPSA) is 49.7 Å². The Bertz CT molecular complexity index is 810. The predicted octanol–water partition coefficient (Wildman–Crippen LogP) is 7.48. The molecule has 178 valence electrons. The summed E-state index contributed by atoms with van der Waals surface area (Å²) in [5.41, 5.74) is 3.53. The van der Waals surface area contributed by atoms with E-state index in [-0.39, 0.29) is 17.5 Å². The van der Waals surface area contributed by atoms with Crippen molar-refractivity contribution >= 4 is 23.5 Å². The van der Waals surface area contributed by atoms with Crippen molar-refractivity contribution in [3.05, 3.63) is 53.1 Å². The molecule has 0 aliphatic rings. The fourth-order valence-electron chi connectivity index (χ4n) is 3.58. The van der Waals surface area contributed by atoms with E-state index in [2.05, 4.69) is 52.8 Å². The Labute approximate surface area is 203 Å². The van der Waals surface area contributed by atoms with Gasteiger partial charge in [-0.15, -0.1) is 11.8 Å². The van der Waals surface area contributed by atoms with Crippen molar-refractivity contribution < 1.29 is 14.9 Å². The van der Waals surface area contributed by atoms with Crippen LogP contribution < -0.4 is 0 Å². The first-order chi connectivity index (χ1) is 15.2. The molecule has 0 amide bonds. The number of para-hydroxylation sites is 1. The zero-order valence-corrected chi connectivity index (χ0v) is 22.0. The van der Waals surface area contributed by atoms with Crippen LogP contribution >= 0.6 is 23.5 Å². The lowest BCUT2D eigenvalue weighted by Crippen LogP contribution is -2.13. The first-order valence-corrected chi connectivity index (χ1v) is 13.5. The molecule has 0 saturated heterocycles. The fraction of sp³-hybridized carbons (Fsp3) is 0.556. The second kappa shape index (κ2) is 13.5. The Morgan fingerprint density at radius 1 is 0.938 bits per heavy atom. The third-order valence-electron chi connectivity index (χ3n) is 5.41. The van der Waals surface area contributed by atoms with E-state index in [9.17, 15) is 5.11 Å². The van der Waals surface area contributed by atoms with E-state index in [1.54, 1.807) is 11.8 Å². The van der Waals surface area contributed by atoms with E-state index in [0.717, 1.165) is 48.3 Å². The normalized spacial score (nSPS) is 12.8. The van der Waals surface area contributed by atoms with Crippen LogP contribution in [0.25, 0.3) is 0 Å². The van der Waals surface area contributed by atoms with Crippen molar-refractivity contribution in [2.75, 3.05) is 19.0 Å². The number of benzene rings is 2. The number of ether oxygens (including phenoxy) is 1. The van der Waals surface area contributed by atoms with Gasteiger partial charge in [-0.3, -0.25) is 0 Å². The second-order valence-corrected chi connectivity index (χ2v) is 11.6. The number of aliphatic hydroxyl groups is 1. The zero-order valence-electron chi connectivity index (χ0n) is 20.3. The number of aromatic hydroxyl groups is 1. The summed E-state index contributed by atoms with van der Waals surface area (Å²) >= 11 is 3.54. The molecular formula is C27H40O3S2. The summed E-state index contributed by atoms with van der Waals surface area (Å²) in [6.45, 7) is 11.6. The van der Waals surface area contributed by atoms with Crippen LogP contribution in [0.1, 0.15) is 69.6 Å². The van der Waals surface area contributed by atoms with Gasteiger partial charge in [0.15, 0.2) is 0 Å². The van der Waals surface area contributed by atoms with Crippen LogP contribution in [0.5, 0.6) is 5.75 Å². The average Bonchev–Trinajstić information content (AvgIpc) is 2.72. The highest BCUT2D eigenvalue weighted by atomic mass is 32.2. The van der Waals surface area contributed by atoms with E-state index in [0.29, 0.717) is 12.4 Å². The Hall–Kier alpha value is -1.14. The van der Waals surface area contributed by atoms with Gasteiger partial charge in [-0.05, 0) is 74.3 Å². The standard InChI is InChI=1S/C27H40O3S2/c1-20-12-10-13-21(2)26(20)31-19-9-8-18-30-24(16-6-7-17-28)32-23-15-11-14-22(25(23)29)27(3,4)5/h10-15,24,28-29H,6-9,16-19H2,1-5H3. The Balaban J connectivity index is 1.87. The number of hydrogen-bond acceptors (Lipinski definition) is 5. The molecule has 32 heavy (non-hydrogen) atoms. The quantitative estimate of drug-likeness (QED) is 0.178. The number of phenolic OH excluding ortho intramolecular Hbond substituents is 1. The molecule has 2 aromatic carbocycles.